The summed E-state index contributed by atoms with van der Waals surface area (Å²) < 4.78 is 1.84. The molecule has 0 atom stereocenters. The minimum absolute atomic E-state index is 0.147. The number of para-hydroxylation sites is 2. The molecule has 0 aliphatic carbocycles. The SMILES string of the molecule is Cc1cccc(N2Cc3nc(CO)nn3-c3ccccc32)c1C. The van der Waals surface area contributed by atoms with Crippen LogP contribution in [0.1, 0.15) is 22.8 Å². The molecular formula is C18H18N4O. The topological polar surface area (TPSA) is 54.2 Å². The van der Waals surface area contributed by atoms with Crippen LogP contribution in [0.25, 0.3) is 5.69 Å². The summed E-state index contributed by atoms with van der Waals surface area (Å²) in [7, 11) is 0. The molecule has 0 unspecified atom stereocenters. The number of aromatic nitrogens is 3. The minimum atomic E-state index is -0.147. The molecule has 2 aromatic carbocycles. The highest BCUT2D eigenvalue weighted by molar-refractivity contribution is 5.75. The van der Waals surface area contributed by atoms with Gasteiger partial charge in [-0.3, -0.25) is 0 Å². The van der Waals surface area contributed by atoms with E-state index in [-0.39, 0.29) is 6.61 Å². The quantitative estimate of drug-likeness (QED) is 0.790. The molecule has 0 fully saturated rings. The van der Waals surface area contributed by atoms with E-state index < -0.39 is 0 Å². The predicted molar refractivity (Wildman–Crippen MR) is 89.0 cm³/mol. The Bertz CT molecular complexity index is 884. The Balaban J connectivity index is 1.92. The van der Waals surface area contributed by atoms with Gasteiger partial charge in [0.1, 0.15) is 6.61 Å². The zero-order chi connectivity index (χ0) is 16.0. The molecule has 23 heavy (non-hydrogen) atoms. The second kappa shape index (κ2) is 5.21. The first kappa shape index (κ1) is 14.0. The summed E-state index contributed by atoms with van der Waals surface area (Å²) in [6.45, 7) is 4.76. The Morgan fingerprint density at radius 3 is 2.52 bits per heavy atom. The summed E-state index contributed by atoms with van der Waals surface area (Å²) in [6, 6.07) is 14.5. The molecular weight excluding hydrogens is 288 g/mol. The Morgan fingerprint density at radius 2 is 1.74 bits per heavy atom. The van der Waals surface area contributed by atoms with E-state index in [4.69, 9.17) is 0 Å². The molecule has 1 aliphatic heterocycles. The summed E-state index contributed by atoms with van der Waals surface area (Å²) in [6.07, 6.45) is 0. The second-order valence-corrected chi connectivity index (χ2v) is 5.81. The molecule has 5 nitrogen and oxygen atoms in total. The molecule has 1 aliphatic rings. The number of fused-ring (bicyclic) bond motifs is 3. The fraction of sp³-hybridized carbons (Fsp3) is 0.222. The zero-order valence-corrected chi connectivity index (χ0v) is 13.2. The Hall–Kier alpha value is -2.66. The van der Waals surface area contributed by atoms with E-state index in [1.165, 1.54) is 16.8 Å². The average molecular weight is 306 g/mol. The van der Waals surface area contributed by atoms with Gasteiger partial charge >= 0.3 is 0 Å². The largest absolute Gasteiger partial charge is 0.388 e. The molecule has 0 amide bonds. The highest BCUT2D eigenvalue weighted by Crippen LogP contribution is 2.38. The molecule has 116 valence electrons. The van der Waals surface area contributed by atoms with E-state index in [9.17, 15) is 5.11 Å². The lowest BCUT2D eigenvalue weighted by atomic mass is 10.1. The van der Waals surface area contributed by atoms with Crippen molar-refractivity contribution in [3.63, 3.8) is 0 Å². The van der Waals surface area contributed by atoms with Gasteiger partial charge in [-0.1, -0.05) is 24.3 Å². The van der Waals surface area contributed by atoms with Crippen LogP contribution in [0.15, 0.2) is 42.5 Å². The van der Waals surface area contributed by atoms with Gasteiger partial charge in [0.25, 0.3) is 0 Å². The smallest absolute Gasteiger partial charge is 0.176 e. The number of nitrogens with zero attached hydrogens (tertiary/aromatic N) is 4. The zero-order valence-electron chi connectivity index (χ0n) is 13.2. The van der Waals surface area contributed by atoms with Crippen molar-refractivity contribution in [1.82, 2.24) is 14.8 Å². The van der Waals surface area contributed by atoms with Crippen molar-refractivity contribution in [2.45, 2.75) is 27.0 Å². The van der Waals surface area contributed by atoms with Crippen molar-refractivity contribution in [1.29, 1.82) is 0 Å². The van der Waals surface area contributed by atoms with Crippen molar-refractivity contribution in [2.24, 2.45) is 0 Å². The molecule has 0 radical (unpaired) electrons. The lowest BCUT2D eigenvalue weighted by Gasteiger charge is -2.32. The van der Waals surface area contributed by atoms with Gasteiger partial charge in [-0.15, -0.1) is 5.10 Å². The summed E-state index contributed by atoms with van der Waals surface area (Å²) in [5.74, 6) is 1.30. The van der Waals surface area contributed by atoms with E-state index >= 15 is 0 Å². The van der Waals surface area contributed by atoms with E-state index in [0.717, 1.165) is 17.2 Å². The van der Waals surface area contributed by atoms with Gasteiger partial charge < -0.3 is 10.0 Å². The van der Waals surface area contributed by atoms with Crippen LogP contribution < -0.4 is 4.90 Å². The molecule has 5 heteroatoms. The van der Waals surface area contributed by atoms with Crippen LogP contribution >= 0.6 is 0 Å². The van der Waals surface area contributed by atoms with Gasteiger partial charge in [0.2, 0.25) is 0 Å². The monoisotopic (exact) mass is 306 g/mol. The van der Waals surface area contributed by atoms with Gasteiger partial charge in [0, 0.05) is 5.69 Å². The van der Waals surface area contributed by atoms with Gasteiger partial charge in [-0.2, -0.15) is 0 Å². The minimum Gasteiger partial charge on any atom is -0.388 e. The number of benzene rings is 2. The number of rotatable bonds is 2. The Labute approximate surface area is 134 Å². The molecule has 4 rings (SSSR count). The predicted octanol–water partition coefficient (Wildman–Crippen LogP) is 3.03. The van der Waals surface area contributed by atoms with Gasteiger partial charge in [0.15, 0.2) is 11.6 Å². The molecule has 3 aromatic rings. The first-order chi connectivity index (χ1) is 11.2. The van der Waals surface area contributed by atoms with Crippen molar-refractivity contribution < 1.29 is 5.11 Å². The lowest BCUT2D eigenvalue weighted by molar-refractivity contribution is 0.271. The second-order valence-electron chi connectivity index (χ2n) is 5.81. The molecule has 2 heterocycles. The normalized spacial score (nSPS) is 12.9. The number of hydrogen-bond acceptors (Lipinski definition) is 4. The lowest BCUT2D eigenvalue weighted by Crippen LogP contribution is -2.26. The number of anilines is 2. The average Bonchev–Trinajstić information content (AvgIpc) is 3.00. The van der Waals surface area contributed by atoms with Crippen LogP contribution in [0.4, 0.5) is 11.4 Å². The maximum Gasteiger partial charge on any atom is 0.176 e. The first-order valence-electron chi connectivity index (χ1n) is 7.68. The van der Waals surface area contributed by atoms with E-state index in [1.54, 1.807) is 0 Å². The van der Waals surface area contributed by atoms with Crippen LogP contribution in [0, 0.1) is 13.8 Å². The Morgan fingerprint density at radius 1 is 1.00 bits per heavy atom. The summed E-state index contributed by atoms with van der Waals surface area (Å²) in [5, 5.41) is 13.8. The van der Waals surface area contributed by atoms with Crippen LogP contribution in [0.5, 0.6) is 0 Å². The first-order valence-corrected chi connectivity index (χ1v) is 7.68. The fourth-order valence-electron chi connectivity index (χ4n) is 3.10. The number of aliphatic hydroxyl groups excluding tert-OH is 1. The van der Waals surface area contributed by atoms with Gasteiger partial charge in [-0.05, 0) is 43.2 Å². The number of hydrogen-bond donors (Lipinski definition) is 1. The highest BCUT2D eigenvalue weighted by atomic mass is 16.3. The number of aryl methyl sites for hydroxylation is 1. The van der Waals surface area contributed by atoms with Crippen LogP contribution in [0.2, 0.25) is 0 Å². The van der Waals surface area contributed by atoms with Crippen LogP contribution in [-0.2, 0) is 13.2 Å². The molecule has 1 aromatic heterocycles. The molecule has 0 spiro atoms. The summed E-state index contributed by atoms with van der Waals surface area (Å²) >= 11 is 0. The van der Waals surface area contributed by atoms with Gasteiger partial charge in [-0.25, -0.2) is 9.67 Å². The van der Waals surface area contributed by atoms with Gasteiger partial charge in [0.05, 0.1) is 17.9 Å². The summed E-state index contributed by atoms with van der Waals surface area (Å²) in [4.78, 5) is 6.72. The third kappa shape index (κ3) is 2.12. The maximum atomic E-state index is 9.35. The van der Waals surface area contributed by atoms with Crippen molar-refractivity contribution in [3.05, 3.63) is 65.2 Å². The van der Waals surface area contributed by atoms with Crippen molar-refractivity contribution >= 4 is 11.4 Å². The summed E-state index contributed by atoms with van der Waals surface area (Å²) in [5.41, 5.74) is 5.79. The molecule has 0 bridgehead atoms. The molecule has 0 saturated carbocycles. The van der Waals surface area contributed by atoms with E-state index in [0.29, 0.717) is 12.4 Å². The van der Waals surface area contributed by atoms with Crippen molar-refractivity contribution in [3.8, 4) is 5.69 Å². The van der Waals surface area contributed by atoms with Crippen LogP contribution in [-0.4, -0.2) is 19.9 Å². The number of aliphatic hydroxyl groups is 1. The third-order valence-corrected chi connectivity index (χ3v) is 4.43. The van der Waals surface area contributed by atoms with E-state index in [1.807, 2.05) is 22.9 Å². The fourth-order valence-corrected chi connectivity index (χ4v) is 3.10. The standard InChI is InChI=1S/C18H18N4O/c1-12-6-5-9-14(13(12)2)21-10-18-19-17(11-23)20-22(18)16-8-4-3-7-15(16)21/h3-9,23H,10-11H2,1-2H3. The third-order valence-electron chi connectivity index (χ3n) is 4.43. The Kier molecular flexibility index (Phi) is 3.16. The molecule has 1 N–H and O–H groups in total. The maximum absolute atomic E-state index is 9.35. The van der Waals surface area contributed by atoms with E-state index in [2.05, 4.69) is 53.1 Å². The van der Waals surface area contributed by atoms with Crippen molar-refractivity contribution in [2.75, 3.05) is 4.90 Å². The van der Waals surface area contributed by atoms with Crippen LogP contribution in [0.3, 0.4) is 0 Å². The molecule has 0 saturated heterocycles. The highest BCUT2D eigenvalue weighted by Gasteiger charge is 2.26.